The molecular formula is C16H19N3O2. The van der Waals surface area contributed by atoms with Gasteiger partial charge in [-0.25, -0.2) is 4.98 Å². The maximum absolute atomic E-state index is 10.0. The first-order valence-electron chi connectivity index (χ1n) is 7.19. The first-order valence-corrected chi connectivity index (χ1v) is 7.19. The molecule has 0 fully saturated rings. The molecule has 2 aromatic heterocycles. The summed E-state index contributed by atoms with van der Waals surface area (Å²) in [7, 11) is 0. The number of hydrogen-bond acceptors (Lipinski definition) is 4. The number of aryl methyl sites for hydroxylation is 2. The molecule has 0 unspecified atom stereocenters. The Labute approximate surface area is 123 Å². The fraction of sp³-hybridized carbons (Fsp3) is 0.375. The van der Waals surface area contributed by atoms with Gasteiger partial charge in [-0.15, -0.1) is 0 Å². The van der Waals surface area contributed by atoms with Crippen LogP contribution in [0.15, 0.2) is 28.8 Å². The Morgan fingerprint density at radius 1 is 1.33 bits per heavy atom. The summed E-state index contributed by atoms with van der Waals surface area (Å²) in [6, 6.07) is 7.91. The summed E-state index contributed by atoms with van der Waals surface area (Å²) in [5.74, 6) is 1.49. The van der Waals surface area contributed by atoms with Gasteiger partial charge in [-0.3, -0.25) is 0 Å². The topological polar surface area (TPSA) is 64.1 Å². The van der Waals surface area contributed by atoms with E-state index >= 15 is 0 Å². The molecule has 0 aliphatic heterocycles. The average molecular weight is 285 g/mol. The predicted molar refractivity (Wildman–Crippen MR) is 80.1 cm³/mol. The van der Waals surface area contributed by atoms with Crippen LogP contribution in [-0.2, 0) is 13.0 Å². The van der Waals surface area contributed by atoms with E-state index in [-0.39, 0.29) is 0 Å². The molecular weight excluding hydrogens is 266 g/mol. The molecule has 3 aromatic rings. The Morgan fingerprint density at radius 2 is 2.10 bits per heavy atom. The van der Waals surface area contributed by atoms with E-state index in [0.717, 1.165) is 34.5 Å². The number of aliphatic hydroxyl groups is 1. The van der Waals surface area contributed by atoms with Crippen LogP contribution in [0.2, 0.25) is 0 Å². The Kier molecular flexibility index (Phi) is 3.51. The van der Waals surface area contributed by atoms with Crippen LogP contribution in [0.1, 0.15) is 42.8 Å². The zero-order valence-corrected chi connectivity index (χ0v) is 12.5. The lowest BCUT2D eigenvalue weighted by atomic mass is 10.1. The second kappa shape index (κ2) is 5.33. The van der Waals surface area contributed by atoms with Crippen molar-refractivity contribution in [3.63, 3.8) is 0 Å². The molecule has 1 atom stereocenters. The molecule has 0 aliphatic carbocycles. The van der Waals surface area contributed by atoms with Crippen LogP contribution < -0.4 is 0 Å². The third-order valence-electron chi connectivity index (χ3n) is 3.77. The molecule has 110 valence electrons. The van der Waals surface area contributed by atoms with Crippen molar-refractivity contribution in [1.29, 1.82) is 0 Å². The second-order valence-corrected chi connectivity index (χ2v) is 5.24. The number of aromatic nitrogens is 3. The summed E-state index contributed by atoms with van der Waals surface area (Å²) >= 11 is 0. The smallest absolute Gasteiger partial charge is 0.138 e. The molecule has 5 heteroatoms. The second-order valence-electron chi connectivity index (χ2n) is 5.24. The van der Waals surface area contributed by atoms with Gasteiger partial charge in [0.05, 0.1) is 23.3 Å². The first kappa shape index (κ1) is 13.8. The van der Waals surface area contributed by atoms with E-state index in [1.54, 1.807) is 6.92 Å². The summed E-state index contributed by atoms with van der Waals surface area (Å²) in [4.78, 5) is 4.54. The van der Waals surface area contributed by atoms with Gasteiger partial charge < -0.3 is 14.2 Å². The van der Waals surface area contributed by atoms with E-state index < -0.39 is 6.10 Å². The summed E-state index contributed by atoms with van der Waals surface area (Å²) < 4.78 is 7.34. The Hall–Kier alpha value is -2.14. The average Bonchev–Trinajstić information content (AvgIpc) is 3.02. The summed E-state index contributed by atoms with van der Waals surface area (Å²) in [5.41, 5.74) is 3.93. The number of benzene rings is 1. The quantitative estimate of drug-likeness (QED) is 0.800. The molecule has 0 aliphatic rings. The van der Waals surface area contributed by atoms with E-state index in [1.807, 2.05) is 35.8 Å². The van der Waals surface area contributed by atoms with Gasteiger partial charge in [-0.1, -0.05) is 24.2 Å². The van der Waals surface area contributed by atoms with Crippen molar-refractivity contribution in [3.05, 3.63) is 47.1 Å². The normalized spacial score (nSPS) is 13.0. The monoisotopic (exact) mass is 285 g/mol. The number of rotatable bonds is 4. The van der Waals surface area contributed by atoms with Crippen molar-refractivity contribution < 1.29 is 9.63 Å². The Bertz CT molecular complexity index is 771. The third kappa shape index (κ3) is 2.34. The van der Waals surface area contributed by atoms with Crippen LogP contribution in [0, 0.1) is 6.92 Å². The largest absolute Gasteiger partial charge is 0.385 e. The first-order chi connectivity index (χ1) is 10.1. The van der Waals surface area contributed by atoms with E-state index in [1.165, 1.54) is 0 Å². The number of imidazole rings is 1. The number of hydrogen-bond donors (Lipinski definition) is 1. The van der Waals surface area contributed by atoms with Gasteiger partial charge in [0.2, 0.25) is 0 Å². The molecule has 0 saturated heterocycles. The molecule has 0 radical (unpaired) electrons. The van der Waals surface area contributed by atoms with E-state index in [2.05, 4.69) is 17.1 Å². The van der Waals surface area contributed by atoms with Gasteiger partial charge in [-0.05, 0) is 32.4 Å². The number of aliphatic hydroxyl groups excluding tert-OH is 1. The molecule has 5 nitrogen and oxygen atoms in total. The highest BCUT2D eigenvalue weighted by Crippen LogP contribution is 2.24. The summed E-state index contributed by atoms with van der Waals surface area (Å²) in [5, 5.41) is 14.1. The standard InChI is InChI=1S/C16H19N3O2/c1-4-13-12(11(3)21-18-13)9-19-15-8-6-5-7-14(15)17-16(19)10(2)20/h5-8,10,20H,4,9H2,1-3H3/t10-/m1/s1. The zero-order chi connectivity index (χ0) is 15.0. The molecule has 0 spiro atoms. The van der Waals surface area contributed by atoms with Crippen LogP contribution >= 0.6 is 0 Å². The van der Waals surface area contributed by atoms with Crippen LogP contribution in [-0.4, -0.2) is 19.8 Å². The summed E-state index contributed by atoms with van der Waals surface area (Å²) in [6.07, 6.45) is 0.200. The Morgan fingerprint density at radius 3 is 2.81 bits per heavy atom. The van der Waals surface area contributed by atoms with E-state index in [9.17, 15) is 5.11 Å². The maximum Gasteiger partial charge on any atom is 0.138 e. The highest BCUT2D eigenvalue weighted by Gasteiger charge is 2.18. The number of nitrogens with zero attached hydrogens (tertiary/aromatic N) is 3. The van der Waals surface area contributed by atoms with Crippen molar-refractivity contribution in [3.8, 4) is 0 Å². The van der Waals surface area contributed by atoms with Crippen LogP contribution in [0.5, 0.6) is 0 Å². The highest BCUT2D eigenvalue weighted by atomic mass is 16.5. The summed E-state index contributed by atoms with van der Waals surface area (Å²) in [6.45, 7) is 6.32. The fourth-order valence-corrected chi connectivity index (χ4v) is 2.65. The lowest BCUT2D eigenvalue weighted by Gasteiger charge is -2.11. The molecule has 21 heavy (non-hydrogen) atoms. The number of fused-ring (bicyclic) bond motifs is 1. The minimum absolute atomic E-state index is 0.610. The van der Waals surface area contributed by atoms with Gasteiger partial charge >= 0.3 is 0 Å². The van der Waals surface area contributed by atoms with Gasteiger partial charge in [0.1, 0.15) is 17.7 Å². The molecule has 0 amide bonds. The van der Waals surface area contributed by atoms with Crippen molar-refractivity contribution in [2.75, 3.05) is 0 Å². The minimum Gasteiger partial charge on any atom is -0.385 e. The maximum atomic E-state index is 10.0. The molecule has 0 bridgehead atoms. The van der Waals surface area contributed by atoms with E-state index in [0.29, 0.717) is 12.4 Å². The molecule has 1 aromatic carbocycles. The van der Waals surface area contributed by atoms with Crippen molar-refractivity contribution >= 4 is 11.0 Å². The third-order valence-corrected chi connectivity index (χ3v) is 3.77. The van der Waals surface area contributed by atoms with Gasteiger partial charge in [0.15, 0.2) is 0 Å². The lowest BCUT2D eigenvalue weighted by Crippen LogP contribution is -2.09. The Balaban J connectivity index is 2.15. The minimum atomic E-state index is -0.623. The molecule has 1 N–H and O–H groups in total. The zero-order valence-electron chi connectivity index (χ0n) is 12.5. The molecule has 0 saturated carbocycles. The SMILES string of the molecule is CCc1noc(C)c1Cn1c([C@@H](C)O)nc2ccccc21. The number of para-hydroxylation sites is 2. The van der Waals surface area contributed by atoms with Crippen molar-refractivity contribution in [2.45, 2.75) is 39.8 Å². The molecule has 3 rings (SSSR count). The lowest BCUT2D eigenvalue weighted by molar-refractivity contribution is 0.185. The highest BCUT2D eigenvalue weighted by molar-refractivity contribution is 5.76. The van der Waals surface area contributed by atoms with Crippen LogP contribution in [0.25, 0.3) is 11.0 Å². The van der Waals surface area contributed by atoms with Gasteiger partial charge in [0.25, 0.3) is 0 Å². The van der Waals surface area contributed by atoms with Crippen molar-refractivity contribution in [2.24, 2.45) is 0 Å². The van der Waals surface area contributed by atoms with Gasteiger partial charge in [-0.2, -0.15) is 0 Å². The van der Waals surface area contributed by atoms with E-state index in [4.69, 9.17) is 4.52 Å². The van der Waals surface area contributed by atoms with Crippen LogP contribution in [0.3, 0.4) is 0 Å². The van der Waals surface area contributed by atoms with Gasteiger partial charge in [0, 0.05) is 5.56 Å². The van der Waals surface area contributed by atoms with Crippen molar-refractivity contribution in [1.82, 2.24) is 14.7 Å². The van der Waals surface area contributed by atoms with Crippen LogP contribution in [0.4, 0.5) is 0 Å². The predicted octanol–water partition coefficient (Wildman–Crippen LogP) is 3.00. The molecule has 2 heterocycles. The fourth-order valence-electron chi connectivity index (χ4n) is 2.65.